The summed E-state index contributed by atoms with van der Waals surface area (Å²) in [4.78, 5) is 41.6. The maximum absolute atomic E-state index is 13.6. The zero-order valence-corrected chi connectivity index (χ0v) is 23.6. The number of hydrogen-bond donors (Lipinski definition) is 3. The lowest BCUT2D eigenvalue weighted by molar-refractivity contribution is -0.133. The average Bonchev–Trinajstić information content (AvgIpc) is 3.24. The SMILES string of the molecule is COCCOCc1cc(NC(=O)Nc2sc(C(C)(C)C)cc2C(=O)N2CCNC(=O)C2(C)C)ccc1C. The lowest BCUT2D eigenvalue weighted by Gasteiger charge is -2.41. The van der Waals surface area contributed by atoms with Crippen molar-refractivity contribution in [2.75, 3.05) is 44.0 Å². The van der Waals surface area contributed by atoms with Gasteiger partial charge in [0.2, 0.25) is 5.91 Å². The van der Waals surface area contributed by atoms with Gasteiger partial charge in [0.15, 0.2) is 0 Å². The number of ether oxygens (including phenoxy) is 2. The van der Waals surface area contributed by atoms with E-state index in [1.807, 2.05) is 31.2 Å². The number of thiophene rings is 1. The van der Waals surface area contributed by atoms with Crippen molar-refractivity contribution < 1.29 is 23.9 Å². The Labute approximate surface area is 222 Å². The van der Waals surface area contributed by atoms with E-state index in [2.05, 4.69) is 36.7 Å². The fourth-order valence-electron chi connectivity index (χ4n) is 3.91. The first-order chi connectivity index (χ1) is 17.3. The standard InChI is InChI=1S/C27H38N4O5S/c1-17-8-9-19(14-18(17)16-36-13-12-35-7)29-25(34)30-22-20(15-21(37-22)26(2,3)4)23(32)31-11-10-28-24(33)27(31,5)6/h8-9,14-15H,10-13,16H2,1-7H3,(H,28,33)(H2,29,30,34). The molecule has 37 heavy (non-hydrogen) atoms. The van der Waals surface area contributed by atoms with Gasteiger partial charge in [-0.2, -0.15) is 0 Å². The minimum atomic E-state index is -0.998. The van der Waals surface area contributed by atoms with E-state index in [-0.39, 0.29) is 17.2 Å². The topological polar surface area (TPSA) is 109 Å². The first kappa shape index (κ1) is 28.6. The first-order valence-electron chi connectivity index (χ1n) is 12.3. The van der Waals surface area contributed by atoms with Gasteiger partial charge in [-0.1, -0.05) is 26.8 Å². The molecule has 4 amide bonds. The Morgan fingerprint density at radius 3 is 2.57 bits per heavy atom. The van der Waals surface area contributed by atoms with E-state index in [9.17, 15) is 14.4 Å². The molecule has 1 aromatic carbocycles. The summed E-state index contributed by atoms with van der Waals surface area (Å²) in [5.74, 6) is -0.486. The summed E-state index contributed by atoms with van der Waals surface area (Å²) in [6, 6.07) is 6.99. The Hall–Kier alpha value is -2.95. The number of rotatable bonds is 8. The van der Waals surface area contributed by atoms with Crippen LogP contribution in [0, 0.1) is 6.92 Å². The van der Waals surface area contributed by atoms with Crippen LogP contribution < -0.4 is 16.0 Å². The molecule has 0 spiro atoms. The lowest BCUT2D eigenvalue weighted by atomic mass is 9.93. The van der Waals surface area contributed by atoms with E-state index in [4.69, 9.17) is 9.47 Å². The van der Waals surface area contributed by atoms with Crippen molar-refractivity contribution in [1.82, 2.24) is 10.2 Å². The van der Waals surface area contributed by atoms with E-state index in [0.29, 0.717) is 49.2 Å². The van der Waals surface area contributed by atoms with Gasteiger partial charge in [-0.3, -0.25) is 14.9 Å². The third kappa shape index (κ3) is 6.88. The van der Waals surface area contributed by atoms with Crippen molar-refractivity contribution in [2.24, 2.45) is 0 Å². The van der Waals surface area contributed by atoms with Gasteiger partial charge >= 0.3 is 6.03 Å². The maximum atomic E-state index is 13.6. The molecule has 202 valence electrons. The summed E-state index contributed by atoms with van der Waals surface area (Å²) in [6.45, 7) is 13.8. The lowest BCUT2D eigenvalue weighted by Crippen LogP contribution is -2.63. The third-order valence-electron chi connectivity index (χ3n) is 6.32. The predicted molar refractivity (Wildman–Crippen MR) is 146 cm³/mol. The van der Waals surface area contributed by atoms with Gasteiger partial charge in [0.1, 0.15) is 10.5 Å². The Morgan fingerprint density at radius 1 is 1.16 bits per heavy atom. The van der Waals surface area contributed by atoms with Crippen molar-refractivity contribution >= 4 is 39.9 Å². The van der Waals surface area contributed by atoms with Gasteiger partial charge in [-0.25, -0.2) is 4.79 Å². The number of piperazine rings is 1. The Kier molecular flexibility index (Phi) is 8.99. The van der Waals surface area contributed by atoms with Crippen molar-refractivity contribution in [3.05, 3.63) is 45.8 Å². The van der Waals surface area contributed by atoms with Crippen molar-refractivity contribution in [3.63, 3.8) is 0 Å². The van der Waals surface area contributed by atoms with Gasteiger partial charge in [0, 0.05) is 30.8 Å². The molecule has 1 fully saturated rings. The minimum Gasteiger partial charge on any atom is -0.382 e. The molecule has 0 saturated carbocycles. The molecular formula is C27H38N4O5S. The molecule has 9 nitrogen and oxygen atoms in total. The zero-order chi connectivity index (χ0) is 27.4. The van der Waals surface area contributed by atoms with E-state index in [0.717, 1.165) is 16.0 Å². The summed E-state index contributed by atoms with van der Waals surface area (Å²) >= 11 is 1.37. The van der Waals surface area contributed by atoms with Crippen LogP contribution >= 0.6 is 11.3 Å². The zero-order valence-electron chi connectivity index (χ0n) is 22.7. The van der Waals surface area contributed by atoms with E-state index in [1.54, 1.807) is 25.9 Å². The number of hydrogen-bond acceptors (Lipinski definition) is 6. The molecule has 0 unspecified atom stereocenters. The minimum absolute atomic E-state index is 0.202. The maximum Gasteiger partial charge on any atom is 0.324 e. The highest BCUT2D eigenvalue weighted by Gasteiger charge is 2.42. The summed E-state index contributed by atoms with van der Waals surface area (Å²) < 4.78 is 10.6. The number of carbonyl (C=O) groups is 3. The largest absolute Gasteiger partial charge is 0.382 e. The van der Waals surface area contributed by atoms with Crippen LogP contribution in [0.25, 0.3) is 0 Å². The van der Waals surface area contributed by atoms with Crippen LogP contribution in [0.5, 0.6) is 0 Å². The third-order valence-corrected chi connectivity index (χ3v) is 7.80. The van der Waals surface area contributed by atoms with Crippen LogP contribution in [-0.2, 0) is 26.3 Å². The Bertz CT molecular complexity index is 1150. The van der Waals surface area contributed by atoms with Crippen LogP contribution in [0.3, 0.4) is 0 Å². The average molecular weight is 531 g/mol. The number of nitrogens with zero attached hydrogens (tertiary/aromatic N) is 1. The molecule has 10 heteroatoms. The van der Waals surface area contributed by atoms with Crippen molar-refractivity contribution in [1.29, 1.82) is 0 Å². The van der Waals surface area contributed by atoms with E-state index < -0.39 is 11.6 Å². The quantitative estimate of drug-likeness (QED) is 0.435. The second-order valence-corrected chi connectivity index (χ2v) is 11.7. The molecule has 1 aliphatic heterocycles. The monoisotopic (exact) mass is 530 g/mol. The number of anilines is 2. The highest BCUT2D eigenvalue weighted by Crippen LogP contribution is 2.37. The number of nitrogens with one attached hydrogen (secondary N) is 3. The van der Waals surface area contributed by atoms with Crippen LogP contribution in [0.1, 0.15) is 61.0 Å². The summed E-state index contributed by atoms with van der Waals surface area (Å²) in [5.41, 5.74) is 1.78. The molecule has 2 heterocycles. The van der Waals surface area contributed by atoms with Crippen LogP contribution in [0.2, 0.25) is 0 Å². The second-order valence-electron chi connectivity index (χ2n) is 10.6. The summed E-state index contributed by atoms with van der Waals surface area (Å²) in [5, 5.41) is 9.00. The number of carbonyl (C=O) groups excluding carboxylic acids is 3. The summed E-state index contributed by atoms with van der Waals surface area (Å²) in [6.07, 6.45) is 0. The van der Waals surface area contributed by atoms with Crippen LogP contribution in [0.4, 0.5) is 15.5 Å². The number of benzene rings is 1. The van der Waals surface area contributed by atoms with E-state index >= 15 is 0 Å². The molecule has 3 N–H and O–H groups in total. The van der Waals surface area contributed by atoms with Crippen molar-refractivity contribution in [2.45, 2.75) is 59.1 Å². The van der Waals surface area contributed by atoms with Gasteiger partial charge in [-0.05, 0) is 55.5 Å². The van der Waals surface area contributed by atoms with Gasteiger partial charge in [-0.15, -0.1) is 11.3 Å². The molecule has 0 atom stereocenters. The van der Waals surface area contributed by atoms with Crippen LogP contribution in [0.15, 0.2) is 24.3 Å². The molecule has 3 rings (SSSR count). The molecule has 1 aliphatic rings. The molecule has 0 radical (unpaired) electrons. The summed E-state index contributed by atoms with van der Waals surface area (Å²) in [7, 11) is 1.62. The molecular weight excluding hydrogens is 492 g/mol. The number of methoxy groups -OCH3 is 1. The molecule has 0 aliphatic carbocycles. The van der Waals surface area contributed by atoms with Crippen LogP contribution in [-0.4, -0.2) is 61.7 Å². The first-order valence-corrected chi connectivity index (χ1v) is 13.1. The highest BCUT2D eigenvalue weighted by molar-refractivity contribution is 7.16. The Morgan fingerprint density at radius 2 is 1.89 bits per heavy atom. The molecule has 1 saturated heterocycles. The number of amides is 4. The second kappa shape index (κ2) is 11.6. The normalized spacial score (nSPS) is 15.3. The fraction of sp³-hybridized carbons (Fsp3) is 0.519. The number of urea groups is 1. The molecule has 1 aromatic heterocycles. The van der Waals surface area contributed by atoms with Gasteiger partial charge < -0.3 is 25.0 Å². The molecule has 2 aromatic rings. The molecule has 0 bridgehead atoms. The van der Waals surface area contributed by atoms with Gasteiger partial charge in [0.25, 0.3) is 5.91 Å². The smallest absolute Gasteiger partial charge is 0.324 e. The highest BCUT2D eigenvalue weighted by atomic mass is 32.1. The number of aryl methyl sites for hydroxylation is 1. The van der Waals surface area contributed by atoms with Crippen molar-refractivity contribution in [3.8, 4) is 0 Å². The van der Waals surface area contributed by atoms with E-state index in [1.165, 1.54) is 11.3 Å². The predicted octanol–water partition coefficient (Wildman–Crippen LogP) is 4.51. The fourth-order valence-corrected chi connectivity index (χ4v) is 5.01. The Balaban J connectivity index is 1.81. The van der Waals surface area contributed by atoms with Gasteiger partial charge in [0.05, 0.1) is 25.4 Å².